The molecule has 0 fully saturated rings. The van der Waals surface area contributed by atoms with E-state index in [1.165, 1.54) is 180 Å². The van der Waals surface area contributed by atoms with Gasteiger partial charge in [0.1, 0.15) is 13.2 Å². The molecule has 398 valence electrons. The molecule has 8 nitrogen and oxygen atoms in total. The van der Waals surface area contributed by atoms with Gasteiger partial charge in [0.15, 0.2) is 0 Å². The SMILES string of the molecule is CC/C=C\C/C=C\CCCCCCCCCCCCCCCCC(=O)NC(COP(=O)(O)OCC[N+](C)(C)C)C(O)/C=C/CC/C=C/CC/C=C/CCCCCCCCCCCCCCCCC. The number of quaternary nitrogens is 1. The third-order valence-corrected chi connectivity index (χ3v) is 13.7. The van der Waals surface area contributed by atoms with E-state index in [-0.39, 0.29) is 19.1 Å². The number of hydrogen-bond acceptors (Lipinski definition) is 5. The number of hydrogen-bond donors (Lipinski definition) is 3. The molecule has 3 unspecified atom stereocenters. The summed E-state index contributed by atoms with van der Waals surface area (Å²) in [6, 6.07) is -0.872. The van der Waals surface area contributed by atoms with Gasteiger partial charge in [-0.1, -0.05) is 242 Å². The van der Waals surface area contributed by atoms with Gasteiger partial charge in [0.25, 0.3) is 0 Å². The Labute approximate surface area is 422 Å². The first-order valence-corrected chi connectivity index (χ1v) is 30.2. The number of aliphatic hydroxyl groups excluding tert-OH is 1. The maximum Gasteiger partial charge on any atom is 0.472 e. The maximum absolute atomic E-state index is 13.0. The Balaban J connectivity index is 4.29. The Morgan fingerprint density at radius 2 is 0.897 bits per heavy atom. The van der Waals surface area contributed by atoms with Crippen LogP contribution >= 0.6 is 7.82 Å². The van der Waals surface area contributed by atoms with Crippen molar-refractivity contribution in [3.8, 4) is 0 Å². The fourth-order valence-electron chi connectivity index (χ4n) is 8.23. The van der Waals surface area contributed by atoms with E-state index in [1.807, 2.05) is 27.2 Å². The second-order valence-corrected chi connectivity index (χ2v) is 22.1. The lowest BCUT2D eigenvalue weighted by molar-refractivity contribution is -0.870. The Kier molecular flexibility index (Phi) is 48.8. The molecule has 0 rings (SSSR count). The second-order valence-electron chi connectivity index (χ2n) is 20.6. The van der Waals surface area contributed by atoms with Gasteiger partial charge >= 0.3 is 7.82 Å². The van der Waals surface area contributed by atoms with Crippen molar-refractivity contribution in [3.63, 3.8) is 0 Å². The molecule has 1 amide bonds. The van der Waals surface area contributed by atoms with Crippen molar-refractivity contribution in [1.82, 2.24) is 5.32 Å². The minimum absolute atomic E-state index is 0.0524. The van der Waals surface area contributed by atoms with Gasteiger partial charge < -0.3 is 19.8 Å². The lowest BCUT2D eigenvalue weighted by Gasteiger charge is -2.25. The van der Waals surface area contributed by atoms with Crippen LogP contribution in [0, 0.1) is 0 Å². The van der Waals surface area contributed by atoms with Gasteiger partial charge in [-0.25, -0.2) is 4.57 Å². The van der Waals surface area contributed by atoms with Crippen molar-refractivity contribution in [3.05, 3.63) is 60.8 Å². The molecule has 0 saturated heterocycles. The summed E-state index contributed by atoms with van der Waals surface area (Å²) in [6.07, 6.45) is 67.6. The first-order chi connectivity index (χ1) is 33.0. The molecule has 0 spiro atoms. The lowest BCUT2D eigenvalue weighted by atomic mass is 10.0. The van der Waals surface area contributed by atoms with E-state index in [0.717, 1.165) is 57.8 Å². The lowest BCUT2D eigenvalue weighted by Crippen LogP contribution is -2.45. The number of amides is 1. The summed E-state index contributed by atoms with van der Waals surface area (Å²) in [6.45, 7) is 4.71. The number of nitrogens with zero attached hydrogens (tertiary/aromatic N) is 1. The summed E-state index contributed by atoms with van der Waals surface area (Å²) in [5, 5.41) is 13.9. The van der Waals surface area contributed by atoms with Crippen molar-refractivity contribution in [2.24, 2.45) is 0 Å². The fourth-order valence-corrected chi connectivity index (χ4v) is 8.97. The highest BCUT2D eigenvalue weighted by molar-refractivity contribution is 7.47. The topological polar surface area (TPSA) is 105 Å². The molecule has 3 atom stereocenters. The van der Waals surface area contributed by atoms with Crippen molar-refractivity contribution in [2.45, 2.75) is 270 Å². The van der Waals surface area contributed by atoms with Gasteiger partial charge in [-0.05, 0) is 70.6 Å². The molecule has 3 N–H and O–H groups in total. The number of likely N-dealkylation sites (N-methyl/N-ethyl adjacent to an activating group) is 1. The number of carbonyl (C=O) groups is 1. The van der Waals surface area contributed by atoms with Crippen LogP contribution in [0.2, 0.25) is 0 Å². The van der Waals surface area contributed by atoms with Gasteiger partial charge in [0, 0.05) is 6.42 Å². The summed E-state index contributed by atoms with van der Waals surface area (Å²) in [7, 11) is 1.55. The molecular formula is C59H112N2O6P+. The number of unbranched alkanes of at least 4 members (excludes halogenated alkanes) is 31. The van der Waals surface area contributed by atoms with E-state index in [4.69, 9.17) is 9.05 Å². The van der Waals surface area contributed by atoms with E-state index in [2.05, 4.69) is 67.8 Å². The zero-order chi connectivity index (χ0) is 49.9. The first-order valence-electron chi connectivity index (χ1n) is 28.7. The molecule has 0 aromatic heterocycles. The van der Waals surface area contributed by atoms with Crippen LogP contribution in [0.5, 0.6) is 0 Å². The summed E-state index contributed by atoms with van der Waals surface area (Å²) >= 11 is 0. The fraction of sp³-hybridized carbons (Fsp3) is 0.814. The van der Waals surface area contributed by atoms with Crippen molar-refractivity contribution >= 4 is 13.7 Å². The zero-order valence-corrected chi connectivity index (χ0v) is 46.2. The average molecular weight is 977 g/mol. The third kappa shape index (κ3) is 52.0. The molecule has 0 radical (unpaired) electrons. The number of rotatable bonds is 52. The normalized spacial score (nSPS) is 14.4. The molecule has 0 saturated carbocycles. The monoisotopic (exact) mass is 976 g/mol. The van der Waals surface area contributed by atoms with Crippen LogP contribution in [0.4, 0.5) is 0 Å². The highest BCUT2D eigenvalue weighted by Gasteiger charge is 2.27. The minimum Gasteiger partial charge on any atom is -0.387 e. The van der Waals surface area contributed by atoms with Crippen LogP contribution < -0.4 is 5.32 Å². The molecule has 0 aliphatic heterocycles. The van der Waals surface area contributed by atoms with Crippen molar-refractivity contribution < 1.29 is 32.9 Å². The molecule has 9 heteroatoms. The van der Waals surface area contributed by atoms with Crippen molar-refractivity contribution in [2.75, 3.05) is 40.9 Å². The van der Waals surface area contributed by atoms with E-state index < -0.39 is 20.0 Å². The highest BCUT2D eigenvalue weighted by Crippen LogP contribution is 2.43. The number of phosphoric acid groups is 1. The molecule has 0 aromatic carbocycles. The predicted molar refractivity (Wildman–Crippen MR) is 295 cm³/mol. The molecule has 0 heterocycles. The van der Waals surface area contributed by atoms with Crippen molar-refractivity contribution in [1.29, 1.82) is 0 Å². The molecular weight excluding hydrogens is 864 g/mol. The maximum atomic E-state index is 13.0. The largest absolute Gasteiger partial charge is 0.472 e. The second kappa shape index (κ2) is 50.2. The summed E-state index contributed by atoms with van der Waals surface area (Å²) in [5.74, 6) is -0.191. The predicted octanol–water partition coefficient (Wildman–Crippen LogP) is 17.3. The number of nitrogens with one attached hydrogen (secondary N) is 1. The quantitative estimate of drug-likeness (QED) is 0.0243. The van der Waals surface area contributed by atoms with Crippen LogP contribution in [0.1, 0.15) is 258 Å². The Morgan fingerprint density at radius 3 is 1.34 bits per heavy atom. The van der Waals surface area contributed by atoms with Gasteiger partial charge in [-0.3, -0.25) is 13.8 Å². The molecule has 0 bridgehead atoms. The van der Waals surface area contributed by atoms with Gasteiger partial charge in [0.2, 0.25) is 5.91 Å². The third-order valence-electron chi connectivity index (χ3n) is 12.7. The minimum atomic E-state index is -4.36. The molecule has 68 heavy (non-hydrogen) atoms. The van der Waals surface area contributed by atoms with Crippen LogP contribution in [-0.2, 0) is 18.4 Å². The van der Waals surface area contributed by atoms with E-state index in [1.54, 1.807) is 6.08 Å². The van der Waals surface area contributed by atoms with Crippen LogP contribution in [0.3, 0.4) is 0 Å². The number of aliphatic hydroxyl groups is 1. The number of phosphoric ester groups is 1. The van der Waals surface area contributed by atoms with Gasteiger partial charge in [-0.15, -0.1) is 0 Å². The number of carbonyl (C=O) groups excluding carboxylic acids is 1. The van der Waals surface area contributed by atoms with Crippen LogP contribution in [0.25, 0.3) is 0 Å². The smallest absolute Gasteiger partial charge is 0.387 e. The summed E-state index contributed by atoms with van der Waals surface area (Å²) in [4.78, 5) is 23.3. The van der Waals surface area contributed by atoms with Crippen LogP contribution in [-0.4, -0.2) is 73.4 Å². The average Bonchev–Trinajstić information content (AvgIpc) is 3.30. The van der Waals surface area contributed by atoms with Gasteiger partial charge in [-0.2, -0.15) is 0 Å². The van der Waals surface area contributed by atoms with Crippen LogP contribution in [0.15, 0.2) is 60.8 Å². The molecule has 0 aliphatic carbocycles. The Morgan fingerprint density at radius 1 is 0.515 bits per heavy atom. The van der Waals surface area contributed by atoms with E-state index in [9.17, 15) is 19.4 Å². The standard InChI is InChI=1S/C59H111N2O6P/c1-6-8-10-12-14-16-18-20-22-24-26-28-29-30-31-33-34-36-38-40-42-44-46-48-50-52-58(62)57(56-67-68(64,65)66-55-54-61(3,4)5)60-59(63)53-51-49-47-45-43-41-39-37-35-32-27-25-23-21-19-17-15-13-11-9-7-2/h9,11,15,17,34,36,42,44,50,52,57-58,62H,6-8,10,12-14,16,18-33,35,37-41,43,45-49,51,53-56H2,1-5H3,(H-,60,63,64,65)/p+1/b11-9-,17-15-,36-34+,44-42+,52-50+. The van der Waals surface area contributed by atoms with E-state index in [0.29, 0.717) is 17.4 Å². The van der Waals surface area contributed by atoms with Gasteiger partial charge in [0.05, 0.1) is 39.9 Å². The molecule has 0 aliphatic rings. The highest BCUT2D eigenvalue weighted by atomic mass is 31.2. The Bertz CT molecular complexity index is 1290. The summed E-state index contributed by atoms with van der Waals surface area (Å²) in [5.41, 5.74) is 0. The summed E-state index contributed by atoms with van der Waals surface area (Å²) < 4.78 is 23.7. The first kappa shape index (κ1) is 66.2. The zero-order valence-electron chi connectivity index (χ0n) is 45.3. The number of allylic oxidation sites excluding steroid dienone is 9. The van der Waals surface area contributed by atoms with E-state index >= 15 is 0 Å². The molecule has 0 aromatic rings. The Hall–Kier alpha value is -1.80.